The second kappa shape index (κ2) is 3.37. The van der Waals surface area contributed by atoms with Gasteiger partial charge in [0.2, 0.25) is 0 Å². The molecule has 0 amide bonds. The predicted molar refractivity (Wildman–Crippen MR) is 55.8 cm³/mol. The number of aryl methyl sites for hydroxylation is 2. The van der Waals surface area contributed by atoms with Gasteiger partial charge in [0.1, 0.15) is 0 Å². The summed E-state index contributed by atoms with van der Waals surface area (Å²) in [6.45, 7) is 4.36. The Bertz CT molecular complexity index is 345. The molecular formula is C13H15. The van der Waals surface area contributed by atoms with Crippen LogP contribution < -0.4 is 0 Å². The number of benzene rings is 1. The Balaban J connectivity index is 2.58. The van der Waals surface area contributed by atoms with E-state index in [1.807, 2.05) is 0 Å². The van der Waals surface area contributed by atoms with Gasteiger partial charge in [0.25, 0.3) is 0 Å². The van der Waals surface area contributed by atoms with E-state index in [4.69, 9.17) is 0 Å². The molecule has 0 saturated heterocycles. The third-order valence-corrected chi connectivity index (χ3v) is 2.86. The largest absolute Gasteiger partial charge is 0.0760 e. The van der Waals surface area contributed by atoms with E-state index in [9.17, 15) is 0 Å². The summed E-state index contributed by atoms with van der Waals surface area (Å²) in [7, 11) is 0. The van der Waals surface area contributed by atoms with Crippen molar-refractivity contribution >= 4 is 0 Å². The lowest BCUT2D eigenvalue weighted by atomic mass is 9.96. The van der Waals surface area contributed by atoms with E-state index < -0.39 is 0 Å². The highest BCUT2D eigenvalue weighted by atomic mass is 14.1. The molecule has 1 aromatic carbocycles. The van der Waals surface area contributed by atoms with Gasteiger partial charge in [-0.25, -0.2) is 0 Å². The van der Waals surface area contributed by atoms with Crippen molar-refractivity contribution in [2.75, 3.05) is 0 Å². The van der Waals surface area contributed by atoms with Crippen molar-refractivity contribution in [3.05, 3.63) is 46.5 Å². The van der Waals surface area contributed by atoms with Crippen LogP contribution in [0.5, 0.6) is 0 Å². The minimum Gasteiger partial charge on any atom is -0.0760 e. The summed E-state index contributed by atoms with van der Waals surface area (Å²) in [5, 5.41) is 0. The van der Waals surface area contributed by atoms with Crippen LogP contribution in [0.1, 0.15) is 35.1 Å². The Morgan fingerprint density at radius 2 is 2.08 bits per heavy atom. The van der Waals surface area contributed by atoms with Crippen molar-refractivity contribution < 1.29 is 0 Å². The molecule has 13 heavy (non-hydrogen) atoms. The van der Waals surface area contributed by atoms with Gasteiger partial charge in [-0.15, -0.1) is 0 Å². The highest BCUT2D eigenvalue weighted by Crippen LogP contribution is 2.22. The highest BCUT2D eigenvalue weighted by molar-refractivity contribution is 5.44. The molecule has 0 spiro atoms. The van der Waals surface area contributed by atoms with Crippen molar-refractivity contribution in [1.29, 1.82) is 0 Å². The molecular weight excluding hydrogens is 156 g/mol. The van der Waals surface area contributed by atoms with Crippen LogP contribution in [0.2, 0.25) is 0 Å². The van der Waals surface area contributed by atoms with Crippen LogP contribution in [-0.4, -0.2) is 0 Å². The van der Waals surface area contributed by atoms with Crippen molar-refractivity contribution in [3.63, 3.8) is 0 Å². The van der Waals surface area contributed by atoms with Crippen LogP contribution in [-0.2, 0) is 6.42 Å². The van der Waals surface area contributed by atoms with Gasteiger partial charge < -0.3 is 0 Å². The first kappa shape index (κ1) is 8.55. The quantitative estimate of drug-likeness (QED) is 0.561. The molecule has 2 rings (SSSR count). The molecule has 67 valence electrons. The van der Waals surface area contributed by atoms with Gasteiger partial charge in [-0.3, -0.25) is 0 Å². The van der Waals surface area contributed by atoms with E-state index in [2.05, 4.69) is 38.1 Å². The Kier molecular flexibility index (Phi) is 2.22. The molecule has 1 aliphatic carbocycles. The zero-order valence-corrected chi connectivity index (χ0v) is 8.35. The molecule has 0 bridgehead atoms. The van der Waals surface area contributed by atoms with Crippen LogP contribution in [0, 0.1) is 19.9 Å². The van der Waals surface area contributed by atoms with E-state index in [1.54, 1.807) is 0 Å². The van der Waals surface area contributed by atoms with Crippen molar-refractivity contribution in [2.24, 2.45) is 0 Å². The molecule has 0 nitrogen and oxygen atoms in total. The summed E-state index contributed by atoms with van der Waals surface area (Å²) < 4.78 is 0. The second-order valence-electron chi connectivity index (χ2n) is 3.78. The molecule has 0 aliphatic heterocycles. The number of allylic oxidation sites excluding steroid dienone is 1. The third-order valence-electron chi connectivity index (χ3n) is 2.86. The lowest BCUT2D eigenvalue weighted by molar-refractivity contribution is 0.850. The fraction of sp³-hybridized carbons (Fsp3) is 0.385. The lowest BCUT2D eigenvalue weighted by Crippen LogP contribution is -1.94. The third kappa shape index (κ3) is 1.53. The topological polar surface area (TPSA) is 0 Å². The molecule has 0 heterocycles. The molecule has 0 atom stereocenters. The van der Waals surface area contributed by atoms with Crippen molar-refractivity contribution in [3.8, 4) is 0 Å². The molecule has 0 heteroatoms. The fourth-order valence-corrected chi connectivity index (χ4v) is 1.85. The van der Waals surface area contributed by atoms with Crippen LogP contribution in [0.25, 0.3) is 0 Å². The Morgan fingerprint density at radius 3 is 2.92 bits per heavy atom. The van der Waals surface area contributed by atoms with Crippen LogP contribution >= 0.6 is 0 Å². The second-order valence-corrected chi connectivity index (χ2v) is 3.78. The van der Waals surface area contributed by atoms with Crippen molar-refractivity contribution in [2.45, 2.75) is 33.1 Å². The maximum Gasteiger partial charge on any atom is -0.0117 e. The highest BCUT2D eigenvalue weighted by Gasteiger charge is 2.07. The summed E-state index contributed by atoms with van der Waals surface area (Å²) in [6.07, 6.45) is 9.24. The molecule has 0 unspecified atom stereocenters. The summed E-state index contributed by atoms with van der Waals surface area (Å²) in [4.78, 5) is 0. The van der Waals surface area contributed by atoms with E-state index in [1.165, 1.54) is 41.5 Å². The van der Waals surface area contributed by atoms with Gasteiger partial charge >= 0.3 is 0 Å². The average Bonchev–Trinajstić information content (AvgIpc) is 2.36. The summed E-state index contributed by atoms with van der Waals surface area (Å²) in [5.74, 6) is 0. The average molecular weight is 171 g/mol. The van der Waals surface area contributed by atoms with Gasteiger partial charge in [0, 0.05) is 0 Å². The first-order valence-corrected chi connectivity index (χ1v) is 4.96. The maximum absolute atomic E-state index is 3.41. The van der Waals surface area contributed by atoms with Crippen LogP contribution in [0.15, 0.2) is 18.2 Å². The van der Waals surface area contributed by atoms with Crippen LogP contribution in [0.3, 0.4) is 0 Å². The standard InChI is InChI=1S/C13H15/c1-10-8-9-12-6-4-3-5-7-13(12)11(10)2/h5,8-9H,3-4,6H2,1-2H3. The molecule has 1 radical (unpaired) electrons. The Hall–Kier alpha value is -1.04. The number of hydrogen-bond acceptors (Lipinski definition) is 0. The normalized spacial score (nSPS) is 15.2. The molecule has 0 aromatic heterocycles. The minimum atomic E-state index is 1.17. The first-order chi connectivity index (χ1) is 6.29. The smallest absolute Gasteiger partial charge is 0.0117 e. The Labute approximate surface area is 80.3 Å². The lowest BCUT2D eigenvalue weighted by Gasteiger charge is -2.09. The molecule has 0 fully saturated rings. The monoisotopic (exact) mass is 171 g/mol. The maximum atomic E-state index is 3.41. The minimum absolute atomic E-state index is 1.17. The molecule has 0 N–H and O–H groups in total. The number of rotatable bonds is 0. The summed E-state index contributed by atoms with van der Waals surface area (Å²) in [5.41, 5.74) is 5.59. The summed E-state index contributed by atoms with van der Waals surface area (Å²) >= 11 is 0. The summed E-state index contributed by atoms with van der Waals surface area (Å²) in [6, 6.07) is 4.48. The van der Waals surface area contributed by atoms with E-state index in [-0.39, 0.29) is 0 Å². The van der Waals surface area contributed by atoms with Gasteiger partial charge in [-0.2, -0.15) is 0 Å². The van der Waals surface area contributed by atoms with Crippen LogP contribution in [0.4, 0.5) is 0 Å². The van der Waals surface area contributed by atoms with E-state index >= 15 is 0 Å². The van der Waals surface area contributed by atoms with Gasteiger partial charge in [0.05, 0.1) is 0 Å². The van der Waals surface area contributed by atoms with Gasteiger partial charge in [-0.1, -0.05) is 18.2 Å². The number of fused-ring (bicyclic) bond motifs is 1. The number of hydrogen-bond donors (Lipinski definition) is 0. The SMILES string of the molecule is Cc1ccc2c(c1C)[C]=CCCC2. The molecule has 1 aliphatic rings. The predicted octanol–water partition coefficient (Wildman–Crippen LogP) is 3.35. The molecule has 1 aromatic rings. The van der Waals surface area contributed by atoms with Crippen molar-refractivity contribution in [1.82, 2.24) is 0 Å². The van der Waals surface area contributed by atoms with E-state index in [0.29, 0.717) is 0 Å². The first-order valence-electron chi connectivity index (χ1n) is 4.96. The van der Waals surface area contributed by atoms with E-state index in [0.717, 1.165) is 0 Å². The fourth-order valence-electron chi connectivity index (χ4n) is 1.85. The van der Waals surface area contributed by atoms with Gasteiger partial charge in [0.15, 0.2) is 0 Å². The van der Waals surface area contributed by atoms with Gasteiger partial charge in [-0.05, 0) is 61.4 Å². The zero-order chi connectivity index (χ0) is 9.26. The Morgan fingerprint density at radius 1 is 1.23 bits per heavy atom. The molecule has 0 saturated carbocycles. The zero-order valence-electron chi connectivity index (χ0n) is 8.35.